The minimum absolute atomic E-state index is 0.715. The van der Waals surface area contributed by atoms with Gasteiger partial charge in [0.15, 0.2) is 0 Å². The van der Waals surface area contributed by atoms with Crippen LogP contribution in [-0.4, -0.2) is 10.7 Å². The van der Waals surface area contributed by atoms with Crippen LogP contribution in [0.5, 0.6) is 0 Å². The van der Waals surface area contributed by atoms with Crippen LogP contribution in [0, 0.1) is 24.2 Å². The lowest BCUT2D eigenvalue weighted by molar-refractivity contribution is 0.107. The van der Waals surface area contributed by atoms with Gasteiger partial charge in [-0.1, -0.05) is 57.1 Å². The Hall–Kier alpha value is -0.740. The SMILES string of the molecule is C#CC(C)(O)CCCC(C)CCCC(C)CCC=C(C)C. The number of hydrogen-bond donors (Lipinski definition) is 1. The summed E-state index contributed by atoms with van der Waals surface area (Å²) in [7, 11) is 0. The van der Waals surface area contributed by atoms with E-state index in [0.717, 1.165) is 18.3 Å². The van der Waals surface area contributed by atoms with Gasteiger partial charge in [0.05, 0.1) is 0 Å². The van der Waals surface area contributed by atoms with Gasteiger partial charge in [-0.15, -0.1) is 6.42 Å². The number of hydrogen-bond acceptors (Lipinski definition) is 1. The van der Waals surface area contributed by atoms with Gasteiger partial charge in [-0.25, -0.2) is 0 Å². The van der Waals surface area contributed by atoms with Crippen molar-refractivity contribution in [2.45, 2.75) is 91.6 Å². The molecule has 0 spiro atoms. The molecule has 1 heteroatoms. The molecule has 1 N–H and O–H groups in total. The third-order valence-electron chi connectivity index (χ3n) is 4.28. The Balaban J connectivity index is 3.64. The van der Waals surface area contributed by atoms with Gasteiger partial charge in [-0.3, -0.25) is 0 Å². The highest BCUT2D eigenvalue weighted by atomic mass is 16.3. The van der Waals surface area contributed by atoms with Crippen molar-refractivity contribution in [3.05, 3.63) is 11.6 Å². The van der Waals surface area contributed by atoms with Crippen LogP contribution in [0.3, 0.4) is 0 Å². The van der Waals surface area contributed by atoms with Crippen molar-refractivity contribution in [1.29, 1.82) is 0 Å². The molecular weight excluding hydrogens is 256 g/mol. The van der Waals surface area contributed by atoms with Crippen molar-refractivity contribution in [3.63, 3.8) is 0 Å². The predicted molar refractivity (Wildman–Crippen MR) is 94.2 cm³/mol. The molecule has 0 fully saturated rings. The molecule has 0 amide bonds. The quantitative estimate of drug-likeness (QED) is 0.381. The summed E-state index contributed by atoms with van der Waals surface area (Å²) in [6, 6.07) is 0. The van der Waals surface area contributed by atoms with Crippen molar-refractivity contribution in [3.8, 4) is 12.3 Å². The van der Waals surface area contributed by atoms with E-state index in [1.807, 2.05) is 0 Å². The van der Waals surface area contributed by atoms with E-state index in [1.54, 1.807) is 6.92 Å². The standard InChI is InChI=1S/C20H36O/c1-7-20(6,21)16-10-15-19(5)14-9-13-18(4)12-8-11-17(2)3/h1,11,18-19,21H,8-10,12-16H2,2-6H3. The summed E-state index contributed by atoms with van der Waals surface area (Å²) in [4.78, 5) is 0. The lowest BCUT2D eigenvalue weighted by Gasteiger charge is -2.18. The highest BCUT2D eigenvalue weighted by molar-refractivity contribution is 5.03. The largest absolute Gasteiger partial charge is 0.378 e. The Morgan fingerprint density at radius 1 is 1.10 bits per heavy atom. The van der Waals surface area contributed by atoms with E-state index in [9.17, 15) is 5.11 Å². The third-order valence-corrected chi connectivity index (χ3v) is 4.28. The van der Waals surface area contributed by atoms with Crippen molar-refractivity contribution in [2.75, 3.05) is 0 Å². The first kappa shape index (κ1) is 20.3. The smallest absolute Gasteiger partial charge is 0.122 e. The molecule has 0 aliphatic rings. The van der Waals surface area contributed by atoms with Crippen LogP contribution in [0.4, 0.5) is 0 Å². The fourth-order valence-electron chi connectivity index (χ4n) is 2.63. The van der Waals surface area contributed by atoms with Gasteiger partial charge in [0.25, 0.3) is 0 Å². The lowest BCUT2D eigenvalue weighted by Crippen LogP contribution is -2.20. The third kappa shape index (κ3) is 12.7. The van der Waals surface area contributed by atoms with Crippen molar-refractivity contribution in [1.82, 2.24) is 0 Å². The molecule has 0 bridgehead atoms. The first-order chi connectivity index (χ1) is 9.76. The average Bonchev–Trinajstić information content (AvgIpc) is 2.38. The van der Waals surface area contributed by atoms with E-state index >= 15 is 0 Å². The molecular formula is C20H36O. The summed E-state index contributed by atoms with van der Waals surface area (Å²) in [6.07, 6.45) is 17.0. The molecule has 3 unspecified atom stereocenters. The van der Waals surface area contributed by atoms with E-state index in [-0.39, 0.29) is 0 Å². The zero-order valence-electron chi connectivity index (χ0n) is 14.9. The molecule has 0 heterocycles. The molecule has 21 heavy (non-hydrogen) atoms. The summed E-state index contributed by atoms with van der Waals surface area (Å²) in [5.74, 6) is 4.02. The van der Waals surface area contributed by atoms with Crippen LogP contribution in [-0.2, 0) is 0 Å². The Labute approximate surface area is 133 Å². The Morgan fingerprint density at radius 3 is 2.14 bits per heavy atom. The van der Waals surface area contributed by atoms with Gasteiger partial charge in [0.1, 0.15) is 5.60 Å². The highest BCUT2D eigenvalue weighted by Gasteiger charge is 2.16. The van der Waals surface area contributed by atoms with Crippen LogP contribution in [0.15, 0.2) is 11.6 Å². The monoisotopic (exact) mass is 292 g/mol. The summed E-state index contributed by atoms with van der Waals surface area (Å²) >= 11 is 0. The fourth-order valence-corrected chi connectivity index (χ4v) is 2.63. The Morgan fingerprint density at radius 2 is 1.62 bits per heavy atom. The number of aliphatic hydroxyl groups is 1. The molecule has 0 aromatic rings. The maximum atomic E-state index is 9.77. The predicted octanol–water partition coefficient (Wildman–Crippen LogP) is 5.73. The van der Waals surface area contributed by atoms with Crippen LogP contribution >= 0.6 is 0 Å². The normalized spacial score (nSPS) is 16.6. The van der Waals surface area contributed by atoms with Crippen LogP contribution < -0.4 is 0 Å². The minimum atomic E-state index is -0.917. The first-order valence-corrected chi connectivity index (χ1v) is 8.60. The zero-order valence-corrected chi connectivity index (χ0v) is 14.9. The summed E-state index contributed by atoms with van der Waals surface area (Å²) in [6.45, 7) is 10.8. The molecule has 1 nitrogen and oxygen atoms in total. The van der Waals surface area contributed by atoms with E-state index < -0.39 is 5.60 Å². The molecule has 0 aromatic heterocycles. The highest BCUT2D eigenvalue weighted by Crippen LogP contribution is 2.22. The van der Waals surface area contributed by atoms with Crippen LogP contribution in [0.1, 0.15) is 86.0 Å². The molecule has 122 valence electrons. The average molecular weight is 293 g/mol. The second kappa shape index (κ2) is 10.9. The Bertz CT molecular complexity index is 328. The van der Waals surface area contributed by atoms with Gasteiger partial charge in [-0.2, -0.15) is 0 Å². The molecule has 0 rings (SSSR count). The van der Waals surface area contributed by atoms with E-state index in [0.29, 0.717) is 6.42 Å². The van der Waals surface area contributed by atoms with Gasteiger partial charge in [0, 0.05) is 0 Å². The second-order valence-corrected chi connectivity index (χ2v) is 7.31. The molecule has 0 saturated carbocycles. The molecule has 0 saturated heterocycles. The Kier molecular flexibility index (Phi) is 10.5. The van der Waals surface area contributed by atoms with Gasteiger partial charge >= 0.3 is 0 Å². The van der Waals surface area contributed by atoms with Crippen molar-refractivity contribution in [2.24, 2.45) is 11.8 Å². The van der Waals surface area contributed by atoms with Crippen LogP contribution in [0.2, 0.25) is 0 Å². The van der Waals surface area contributed by atoms with Gasteiger partial charge in [0.2, 0.25) is 0 Å². The number of rotatable bonds is 11. The molecule has 0 aliphatic carbocycles. The molecule has 3 atom stereocenters. The number of terminal acetylenes is 1. The number of allylic oxidation sites excluding steroid dienone is 2. The second-order valence-electron chi connectivity index (χ2n) is 7.31. The maximum Gasteiger partial charge on any atom is 0.122 e. The van der Waals surface area contributed by atoms with Crippen molar-refractivity contribution >= 4 is 0 Å². The summed E-state index contributed by atoms with van der Waals surface area (Å²) < 4.78 is 0. The lowest BCUT2D eigenvalue weighted by atomic mass is 9.91. The van der Waals surface area contributed by atoms with E-state index in [2.05, 4.69) is 39.7 Å². The van der Waals surface area contributed by atoms with Crippen molar-refractivity contribution < 1.29 is 5.11 Å². The fraction of sp³-hybridized carbons (Fsp3) is 0.800. The van der Waals surface area contributed by atoms with Gasteiger partial charge < -0.3 is 5.11 Å². The van der Waals surface area contributed by atoms with E-state index in [1.165, 1.54) is 44.1 Å². The van der Waals surface area contributed by atoms with Crippen LogP contribution in [0.25, 0.3) is 0 Å². The summed E-state index contributed by atoms with van der Waals surface area (Å²) in [5.41, 5.74) is 0.512. The first-order valence-electron chi connectivity index (χ1n) is 8.60. The zero-order chi connectivity index (χ0) is 16.3. The van der Waals surface area contributed by atoms with E-state index in [4.69, 9.17) is 6.42 Å². The van der Waals surface area contributed by atoms with Gasteiger partial charge in [-0.05, 0) is 58.3 Å². The maximum absolute atomic E-state index is 9.77. The topological polar surface area (TPSA) is 20.2 Å². The molecule has 0 radical (unpaired) electrons. The molecule has 0 aliphatic heterocycles. The minimum Gasteiger partial charge on any atom is -0.378 e. The summed E-state index contributed by atoms with van der Waals surface area (Å²) in [5, 5.41) is 9.77. The molecule has 0 aromatic carbocycles.